The summed E-state index contributed by atoms with van der Waals surface area (Å²) in [5.41, 5.74) is 5.02. The molecule has 0 aromatic heterocycles. The maximum atomic E-state index is 10.4. The van der Waals surface area contributed by atoms with Crippen molar-refractivity contribution < 1.29 is 4.79 Å². The van der Waals surface area contributed by atoms with Crippen LogP contribution in [-0.4, -0.2) is 32.6 Å². The van der Waals surface area contributed by atoms with Crippen molar-refractivity contribution in [2.24, 2.45) is 5.73 Å². The zero-order valence-corrected chi connectivity index (χ0v) is 6.83. The van der Waals surface area contributed by atoms with Crippen LogP contribution in [0.3, 0.4) is 0 Å². The van der Waals surface area contributed by atoms with Gasteiger partial charge in [0, 0.05) is 13.1 Å². The second kappa shape index (κ2) is 8.68. The highest BCUT2D eigenvalue weighted by molar-refractivity contribution is 5.85. The number of halogens is 1. The molecule has 0 aliphatic rings. The Bertz CT molecular complexity index is 89.0. The third-order valence-electron chi connectivity index (χ3n) is 0.883. The molecule has 4 N–H and O–H groups in total. The van der Waals surface area contributed by atoms with Crippen LogP contribution in [0.15, 0.2) is 0 Å². The minimum absolute atomic E-state index is 0. The molecule has 0 saturated heterocycles. The van der Waals surface area contributed by atoms with Crippen LogP contribution in [-0.2, 0) is 4.79 Å². The quantitative estimate of drug-likeness (QED) is 0.456. The Labute approximate surface area is 67.0 Å². The summed E-state index contributed by atoms with van der Waals surface area (Å²) in [4.78, 5) is 10.4. The number of carbonyl (C=O) groups is 1. The third-order valence-corrected chi connectivity index (χ3v) is 0.883. The van der Waals surface area contributed by atoms with E-state index in [4.69, 9.17) is 5.73 Å². The van der Waals surface area contributed by atoms with Gasteiger partial charge in [-0.15, -0.1) is 12.4 Å². The summed E-state index contributed by atoms with van der Waals surface area (Å²) >= 11 is 0. The number of hydrogen-bond donors (Lipinski definition) is 3. The van der Waals surface area contributed by atoms with Crippen LogP contribution < -0.4 is 16.4 Å². The highest BCUT2D eigenvalue weighted by Crippen LogP contribution is 1.57. The van der Waals surface area contributed by atoms with Gasteiger partial charge in [-0.1, -0.05) is 0 Å². The number of likely N-dealkylation sites (N-methyl/N-ethyl adjacent to an activating group) is 1. The van der Waals surface area contributed by atoms with Crippen LogP contribution in [0.1, 0.15) is 0 Å². The van der Waals surface area contributed by atoms with Crippen molar-refractivity contribution in [1.82, 2.24) is 10.6 Å². The van der Waals surface area contributed by atoms with Crippen LogP contribution in [0.2, 0.25) is 0 Å². The van der Waals surface area contributed by atoms with E-state index in [1.165, 1.54) is 0 Å². The molecule has 62 valence electrons. The molecule has 0 rings (SSSR count). The molecule has 4 nitrogen and oxygen atoms in total. The molecule has 0 radical (unpaired) electrons. The van der Waals surface area contributed by atoms with Gasteiger partial charge >= 0.3 is 0 Å². The van der Waals surface area contributed by atoms with Gasteiger partial charge in [0.15, 0.2) is 0 Å². The highest BCUT2D eigenvalue weighted by atomic mass is 35.5. The minimum Gasteiger partial charge on any atom is -0.354 e. The van der Waals surface area contributed by atoms with Crippen LogP contribution in [0, 0.1) is 0 Å². The molecular formula is C5H14ClN3O. The first-order chi connectivity index (χ1) is 4.31. The Balaban J connectivity index is 0. The Kier molecular flexibility index (Phi) is 10.7. The third kappa shape index (κ3) is 7.68. The predicted molar refractivity (Wildman–Crippen MR) is 43.2 cm³/mol. The van der Waals surface area contributed by atoms with Crippen molar-refractivity contribution in [1.29, 1.82) is 0 Å². The van der Waals surface area contributed by atoms with Gasteiger partial charge in [-0.2, -0.15) is 0 Å². The lowest BCUT2D eigenvalue weighted by molar-refractivity contribution is -0.119. The molecule has 0 aliphatic heterocycles. The normalized spacial score (nSPS) is 8.20. The molecule has 5 heteroatoms. The SMILES string of the molecule is CNCCNC(=O)CN.Cl. The van der Waals surface area contributed by atoms with Gasteiger partial charge in [-0.25, -0.2) is 0 Å². The lowest BCUT2D eigenvalue weighted by atomic mass is 10.5. The molecule has 0 aliphatic carbocycles. The van der Waals surface area contributed by atoms with E-state index < -0.39 is 0 Å². The Morgan fingerprint density at radius 2 is 2.10 bits per heavy atom. The second-order valence-electron chi connectivity index (χ2n) is 1.66. The molecule has 0 saturated carbocycles. The molecule has 0 aromatic carbocycles. The van der Waals surface area contributed by atoms with Crippen molar-refractivity contribution in [3.8, 4) is 0 Å². The number of amides is 1. The summed E-state index contributed by atoms with van der Waals surface area (Å²) < 4.78 is 0. The summed E-state index contributed by atoms with van der Waals surface area (Å²) in [6.45, 7) is 1.50. The fourth-order valence-electron chi connectivity index (χ4n) is 0.399. The number of carbonyl (C=O) groups excluding carboxylic acids is 1. The lowest BCUT2D eigenvalue weighted by Crippen LogP contribution is -2.34. The van der Waals surface area contributed by atoms with E-state index in [1.54, 1.807) is 0 Å². The smallest absolute Gasteiger partial charge is 0.233 e. The highest BCUT2D eigenvalue weighted by Gasteiger charge is 1.92. The topological polar surface area (TPSA) is 67.1 Å². The average Bonchev–Trinajstić information content (AvgIpc) is 1.89. The van der Waals surface area contributed by atoms with Gasteiger partial charge in [-0.05, 0) is 7.05 Å². The van der Waals surface area contributed by atoms with Crippen LogP contribution >= 0.6 is 12.4 Å². The van der Waals surface area contributed by atoms with E-state index >= 15 is 0 Å². The van der Waals surface area contributed by atoms with Crippen LogP contribution in [0.5, 0.6) is 0 Å². The number of nitrogens with one attached hydrogen (secondary N) is 2. The van der Waals surface area contributed by atoms with Crippen LogP contribution in [0.4, 0.5) is 0 Å². The second-order valence-corrected chi connectivity index (χ2v) is 1.66. The van der Waals surface area contributed by atoms with Gasteiger partial charge in [0.05, 0.1) is 6.54 Å². The first-order valence-corrected chi connectivity index (χ1v) is 2.92. The monoisotopic (exact) mass is 167 g/mol. The molecule has 1 amide bonds. The Morgan fingerprint density at radius 3 is 2.50 bits per heavy atom. The zero-order chi connectivity index (χ0) is 7.11. The molecule has 0 spiro atoms. The zero-order valence-electron chi connectivity index (χ0n) is 6.02. The van der Waals surface area contributed by atoms with E-state index in [2.05, 4.69) is 10.6 Å². The van der Waals surface area contributed by atoms with E-state index in [-0.39, 0.29) is 24.9 Å². The predicted octanol–water partition coefficient (Wildman–Crippen LogP) is -1.30. The van der Waals surface area contributed by atoms with Crippen molar-refractivity contribution in [3.05, 3.63) is 0 Å². The molecule has 0 aromatic rings. The van der Waals surface area contributed by atoms with Gasteiger partial charge in [0.2, 0.25) is 5.91 Å². The lowest BCUT2D eigenvalue weighted by Gasteiger charge is -2.00. The average molecular weight is 168 g/mol. The summed E-state index contributed by atoms with van der Waals surface area (Å²) in [6.07, 6.45) is 0. The van der Waals surface area contributed by atoms with Crippen molar-refractivity contribution in [2.45, 2.75) is 0 Å². The standard InChI is InChI=1S/C5H13N3O.ClH/c1-7-2-3-8-5(9)4-6;/h7H,2-4,6H2,1H3,(H,8,9);1H. The number of hydrogen-bond acceptors (Lipinski definition) is 3. The molecule has 0 unspecified atom stereocenters. The first-order valence-electron chi connectivity index (χ1n) is 2.92. The van der Waals surface area contributed by atoms with E-state index in [1.807, 2.05) is 7.05 Å². The summed E-state index contributed by atoms with van der Waals surface area (Å²) in [5.74, 6) is -0.106. The van der Waals surface area contributed by atoms with Crippen molar-refractivity contribution in [3.63, 3.8) is 0 Å². The van der Waals surface area contributed by atoms with E-state index in [0.717, 1.165) is 6.54 Å². The summed E-state index contributed by atoms with van der Waals surface area (Å²) in [5, 5.41) is 5.50. The molecule has 0 fully saturated rings. The van der Waals surface area contributed by atoms with Crippen molar-refractivity contribution in [2.75, 3.05) is 26.7 Å². The van der Waals surface area contributed by atoms with Crippen LogP contribution in [0.25, 0.3) is 0 Å². The largest absolute Gasteiger partial charge is 0.354 e. The maximum Gasteiger partial charge on any atom is 0.233 e. The first kappa shape index (κ1) is 12.4. The van der Waals surface area contributed by atoms with Gasteiger partial charge in [-0.3, -0.25) is 4.79 Å². The van der Waals surface area contributed by atoms with E-state index in [0.29, 0.717) is 6.54 Å². The summed E-state index contributed by atoms with van der Waals surface area (Å²) in [7, 11) is 1.83. The number of nitrogens with two attached hydrogens (primary N) is 1. The molecule has 10 heavy (non-hydrogen) atoms. The molecule has 0 bridgehead atoms. The van der Waals surface area contributed by atoms with Crippen molar-refractivity contribution >= 4 is 18.3 Å². The summed E-state index contributed by atoms with van der Waals surface area (Å²) in [6, 6.07) is 0. The maximum absolute atomic E-state index is 10.4. The van der Waals surface area contributed by atoms with E-state index in [9.17, 15) is 4.79 Å². The Morgan fingerprint density at radius 1 is 1.50 bits per heavy atom. The Hall–Kier alpha value is -0.320. The molecule has 0 heterocycles. The fourth-order valence-corrected chi connectivity index (χ4v) is 0.399. The number of rotatable bonds is 4. The van der Waals surface area contributed by atoms with Gasteiger partial charge in [0.25, 0.3) is 0 Å². The van der Waals surface area contributed by atoms with Gasteiger partial charge < -0.3 is 16.4 Å². The molecular weight excluding hydrogens is 154 g/mol. The van der Waals surface area contributed by atoms with Gasteiger partial charge in [0.1, 0.15) is 0 Å². The fraction of sp³-hybridized carbons (Fsp3) is 0.800. The molecule has 0 atom stereocenters. The minimum atomic E-state index is -0.106.